The molecule has 0 aliphatic rings. The number of carbonyl (C=O) groups excluding carboxylic acids is 1. The van der Waals surface area contributed by atoms with Crippen molar-refractivity contribution >= 4 is 11.7 Å². The van der Waals surface area contributed by atoms with Gasteiger partial charge in [0.25, 0.3) is 5.91 Å². The molecule has 0 atom stereocenters. The highest BCUT2D eigenvalue weighted by molar-refractivity contribution is 5.92. The second-order valence-corrected chi connectivity index (χ2v) is 5.37. The molecule has 0 spiro atoms. The molecule has 2 aromatic rings. The molecular weight excluding hydrogens is 283 g/mol. The number of benzene rings is 1. The number of anilines is 1. The second-order valence-electron chi connectivity index (χ2n) is 5.37. The van der Waals surface area contributed by atoms with Gasteiger partial charge in [0.05, 0.1) is 0 Å². The number of nitrogens with one attached hydrogen (secondary N) is 2. The Bertz CT molecular complexity index is 628. The van der Waals surface area contributed by atoms with Gasteiger partial charge in [0.15, 0.2) is 0 Å². The lowest BCUT2D eigenvalue weighted by molar-refractivity contribution is 0.0946. The van der Waals surface area contributed by atoms with Gasteiger partial charge in [-0.25, -0.2) is 14.4 Å². The third-order valence-electron chi connectivity index (χ3n) is 2.96. The van der Waals surface area contributed by atoms with E-state index in [1.807, 2.05) is 0 Å². The average molecular weight is 302 g/mol. The second kappa shape index (κ2) is 7.49. The van der Waals surface area contributed by atoms with Crippen LogP contribution in [0, 0.1) is 11.7 Å². The van der Waals surface area contributed by atoms with Gasteiger partial charge in [0.2, 0.25) is 0 Å². The monoisotopic (exact) mass is 302 g/mol. The van der Waals surface area contributed by atoms with Crippen LogP contribution < -0.4 is 10.6 Å². The lowest BCUT2D eigenvalue weighted by Gasteiger charge is -2.09. The van der Waals surface area contributed by atoms with E-state index in [1.165, 1.54) is 18.5 Å². The maximum absolute atomic E-state index is 12.8. The van der Waals surface area contributed by atoms with E-state index in [1.54, 1.807) is 18.2 Å². The first-order valence-electron chi connectivity index (χ1n) is 7.13. The van der Waals surface area contributed by atoms with E-state index in [9.17, 15) is 9.18 Å². The van der Waals surface area contributed by atoms with Crippen LogP contribution in [-0.4, -0.2) is 22.4 Å². The Labute approximate surface area is 129 Å². The number of aromatic nitrogens is 2. The Balaban J connectivity index is 1.94. The summed E-state index contributed by atoms with van der Waals surface area (Å²) in [5.41, 5.74) is 1.12. The summed E-state index contributed by atoms with van der Waals surface area (Å²) in [6.07, 6.45) is 1.36. The Kier molecular flexibility index (Phi) is 5.41. The van der Waals surface area contributed by atoms with Crippen molar-refractivity contribution in [3.05, 3.63) is 53.7 Å². The fourth-order valence-corrected chi connectivity index (χ4v) is 1.76. The van der Waals surface area contributed by atoms with Crippen molar-refractivity contribution in [3.8, 4) is 0 Å². The van der Waals surface area contributed by atoms with Gasteiger partial charge >= 0.3 is 0 Å². The minimum absolute atomic E-state index is 0.292. The number of hydrogen-bond donors (Lipinski definition) is 2. The SMILES string of the molecule is CC(C)CNc1cc(C(=O)NCc2ccc(F)cc2)ncn1. The lowest BCUT2D eigenvalue weighted by Crippen LogP contribution is -2.24. The van der Waals surface area contributed by atoms with Crippen molar-refractivity contribution in [2.75, 3.05) is 11.9 Å². The van der Waals surface area contributed by atoms with Crippen molar-refractivity contribution in [1.29, 1.82) is 0 Å². The number of nitrogens with zero attached hydrogens (tertiary/aromatic N) is 2. The van der Waals surface area contributed by atoms with Crippen LogP contribution in [0.4, 0.5) is 10.2 Å². The number of amides is 1. The lowest BCUT2D eigenvalue weighted by atomic mass is 10.2. The van der Waals surface area contributed by atoms with E-state index in [4.69, 9.17) is 0 Å². The largest absolute Gasteiger partial charge is 0.370 e. The number of carbonyl (C=O) groups is 1. The molecule has 2 N–H and O–H groups in total. The molecule has 0 saturated carbocycles. The molecule has 22 heavy (non-hydrogen) atoms. The molecule has 1 amide bonds. The fraction of sp³-hybridized carbons (Fsp3) is 0.312. The van der Waals surface area contributed by atoms with Crippen molar-refractivity contribution < 1.29 is 9.18 Å². The van der Waals surface area contributed by atoms with Crippen molar-refractivity contribution in [2.45, 2.75) is 20.4 Å². The first-order valence-corrected chi connectivity index (χ1v) is 7.13. The maximum Gasteiger partial charge on any atom is 0.270 e. The zero-order valence-corrected chi connectivity index (χ0v) is 12.6. The molecule has 0 radical (unpaired) electrons. The topological polar surface area (TPSA) is 66.9 Å². The minimum atomic E-state index is -0.299. The summed E-state index contributed by atoms with van der Waals surface area (Å²) < 4.78 is 12.8. The van der Waals surface area contributed by atoms with Crippen LogP contribution in [0.2, 0.25) is 0 Å². The first kappa shape index (κ1) is 15.9. The zero-order valence-electron chi connectivity index (χ0n) is 12.6. The minimum Gasteiger partial charge on any atom is -0.370 e. The molecule has 0 fully saturated rings. The molecule has 0 saturated heterocycles. The van der Waals surface area contributed by atoms with Gasteiger partial charge in [-0.05, 0) is 23.6 Å². The highest BCUT2D eigenvalue weighted by atomic mass is 19.1. The summed E-state index contributed by atoms with van der Waals surface area (Å²) >= 11 is 0. The molecule has 116 valence electrons. The van der Waals surface area contributed by atoms with E-state index >= 15 is 0 Å². The Morgan fingerprint density at radius 3 is 2.64 bits per heavy atom. The fourth-order valence-electron chi connectivity index (χ4n) is 1.76. The van der Waals surface area contributed by atoms with Gasteiger partial charge in [-0.2, -0.15) is 0 Å². The van der Waals surface area contributed by atoms with Crippen LogP contribution in [0.15, 0.2) is 36.7 Å². The van der Waals surface area contributed by atoms with Crippen LogP contribution in [-0.2, 0) is 6.54 Å². The van der Waals surface area contributed by atoms with Crippen LogP contribution in [0.5, 0.6) is 0 Å². The molecule has 0 aliphatic heterocycles. The average Bonchev–Trinajstić information content (AvgIpc) is 2.52. The molecule has 1 aromatic carbocycles. The molecule has 0 aliphatic carbocycles. The predicted molar refractivity (Wildman–Crippen MR) is 82.9 cm³/mol. The molecule has 0 bridgehead atoms. The normalized spacial score (nSPS) is 10.5. The Morgan fingerprint density at radius 2 is 1.95 bits per heavy atom. The summed E-state index contributed by atoms with van der Waals surface area (Å²) in [5, 5.41) is 5.89. The summed E-state index contributed by atoms with van der Waals surface area (Å²) in [7, 11) is 0. The molecule has 0 unspecified atom stereocenters. The van der Waals surface area contributed by atoms with Gasteiger partial charge in [-0.3, -0.25) is 4.79 Å². The van der Waals surface area contributed by atoms with E-state index < -0.39 is 0 Å². The Hall–Kier alpha value is -2.50. The van der Waals surface area contributed by atoms with Gasteiger partial charge in [0.1, 0.15) is 23.7 Å². The van der Waals surface area contributed by atoms with E-state index in [0.717, 1.165) is 12.1 Å². The van der Waals surface area contributed by atoms with Crippen LogP contribution in [0.25, 0.3) is 0 Å². The van der Waals surface area contributed by atoms with Crippen LogP contribution >= 0.6 is 0 Å². The molecule has 1 aromatic heterocycles. The summed E-state index contributed by atoms with van der Waals surface area (Å²) in [6, 6.07) is 7.60. The highest BCUT2D eigenvalue weighted by Crippen LogP contribution is 2.06. The summed E-state index contributed by atoms with van der Waals surface area (Å²) in [5.74, 6) is 0.507. The standard InChI is InChI=1S/C16H19FN4O/c1-11(2)8-18-15-7-14(20-10-21-15)16(22)19-9-12-3-5-13(17)6-4-12/h3-7,10-11H,8-9H2,1-2H3,(H,19,22)(H,18,20,21). The van der Waals surface area contributed by atoms with Crippen LogP contribution in [0.1, 0.15) is 29.9 Å². The van der Waals surface area contributed by atoms with Gasteiger partial charge in [-0.1, -0.05) is 26.0 Å². The van der Waals surface area contributed by atoms with Crippen molar-refractivity contribution in [3.63, 3.8) is 0 Å². The summed E-state index contributed by atoms with van der Waals surface area (Å²) in [6.45, 7) is 5.26. The van der Waals surface area contributed by atoms with Gasteiger partial charge in [0, 0.05) is 19.2 Å². The maximum atomic E-state index is 12.8. The Morgan fingerprint density at radius 1 is 1.23 bits per heavy atom. The van der Waals surface area contributed by atoms with Crippen molar-refractivity contribution in [1.82, 2.24) is 15.3 Å². The van der Waals surface area contributed by atoms with Gasteiger partial charge in [-0.15, -0.1) is 0 Å². The molecule has 1 heterocycles. The van der Waals surface area contributed by atoms with Crippen LogP contribution in [0.3, 0.4) is 0 Å². The van der Waals surface area contributed by atoms with Crippen molar-refractivity contribution in [2.24, 2.45) is 5.92 Å². The number of hydrogen-bond acceptors (Lipinski definition) is 4. The third-order valence-corrected chi connectivity index (χ3v) is 2.96. The molecule has 5 nitrogen and oxygen atoms in total. The smallest absolute Gasteiger partial charge is 0.270 e. The zero-order chi connectivity index (χ0) is 15.9. The number of halogens is 1. The van der Waals surface area contributed by atoms with E-state index in [0.29, 0.717) is 24.0 Å². The van der Waals surface area contributed by atoms with Gasteiger partial charge < -0.3 is 10.6 Å². The molecular formula is C16H19FN4O. The number of rotatable bonds is 6. The van der Waals surface area contributed by atoms with E-state index in [-0.39, 0.29) is 11.7 Å². The third kappa shape index (κ3) is 4.80. The summed E-state index contributed by atoms with van der Waals surface area (Å²) in [4.78, 5) is 20.1. The first-order chi connectivity index (χ1) is 10.5. The molecule has 6 heteroatoms. The molecule has 2 rings (SSSR count). The predicted octanol–water partition coefficient (Wildman–Crippen LogP) is 2.61. The highest BCUT2D eigenvalue weighted by Gasteiger charge is 2.08. The quantitative estimate of drug-likeness (QED) is 0.861. The van der Waals surface area contributed by atoms with E-state index in [2.05, 4.69) is 34.4 Å².